The first kappa shape index (κ1) is 27.1. The largest absolute Gasteiger partial charge is 0.369 e. The van der Waals surface area contributed by atoms with Gasteiger partial charge in [0, 0.05) is 54.8 Å². The monoisotopic (exact) mass is 531 g/mol. The van der Waals surface area contributed by atoms with Crippen molar-refractivity contribution >= 4 is 28.1 Å². The number of hydrogen-bond donors (Lipinski definition) is 2. The van der Waals surface area contributed by atoms with Gasteiger partial charge >= 0.3 is 0 Å². The van der Waals surface area contributed by atoms with Gasteiger partial charge in [-0.2, -0.15) is 0 Å². The molecular weight excluding hydrogens is 492 g/mol. The Bertz CT molecular complexity index is 1410. The minimum atomic E-state index is -0.409. The zero-order valence-corrected chi connectivity index (χ0v) is 23.5. The van der Waals surface area contributed by atoms with Gasteiger partial charge in [-0.05, 0) is 93.1 Å². The number of benzene rings is 2. The number of aryl methyl sites for hydroxylation is 2. The summed E-state index contributed by atoms with van der Waals surface area (Å²) in [6, 6.07) is 11.6. The van der Waals surface area contributed by atoms with Crippen molar-refractivity contribution < 1.29 is 8.78 Å². The van der Waals surface area contributed by atoms with Gasteiger partial charge in [0.05, 0.1) is 5.52 Å². The first-order valence-electron chi connectivity index (χ1n) is 14.1. The molecule has 39 heavy (non-hydrogen) atoms. The molecule has 2 aromatic carbocycles. The van der Waals surface area contributed by atoms with Crippen LogP contribution in [-0.2, 0) is 6.42 Å². The van der Waals surface area contributed by atoms with Crippen molar-refractivity contribution in [1.29, 1.82) is 0 Å². The number of nitrogens with zero attached hydrogens (tertiary/aromatic N) is 3. The number of anilines is 2. The average molecular weight is 532 g/mol. The number of aromatic nitrogens is 1. The molecule has 1 fully saturated rings. The molecule has 206 valence electrons. The Labute approximate surface area is 230 Å². The van der Waals surface area contributed by atoms with E-state index < -0.39 is 5.82 Å². The lowest BCUT2D eigenvalue weighted by Crippen LogP contribution is -2.46. The Morgan fingerprint density at radius 1 is 1.03 bits per heavy atom. The molecule has 5 nitrogen and oxygen atoms in total. The van der Waals surface area contributed by atoms with Crippen molar-refractivity contribution in [3.8, 4) is 0 Å². The Morgan fingerprint density at radius 2 is 1.77 bits per heavy atom. The molecule has 2 aliphatic heterocycles. The third kappa shape index (κ3) is 5.93. The highest BCUT2D eigenvalue weighted by Gasteiger charge is 2.20. The number of halogens is 2. The molecule has 0 radical (unpaired) electrons. The first-order valence-corrected chi connectivity index (χ1v) is 14.1. The fourth-order valence-corrected chi connectivity index (χ4v) is 5.79. The number of likely N-dealkylation sites (N-methyl/N-ethyl adjacent to an activating group) is 1. The number of aliphatic imine (C=N–C) groups is 1. The Hall–Kier alpha value is -3.45. The average Bonchev–Trinajstić information content (AvgIpc) is 3.35. The van der Waals surface area contributed by atoms with Crippen LogP contribution >= 0.6 is 0 Å². The van der Waals surface area contributed by atoms with E-state index in [2.05, 4.69) is 71.2 Å². The zero-order chi connectivity index (χ0) is 27.5. The molecule has 0 aliphatic carbocycles. The summed E-state index contributed by atoms with van der Waals surface area (Å²) in [5.41, 5.74) is 5.88. The summed E-state index contributed by atoms with van der Waals surface area (Å²) in [5, 5.41) is 3.84. The van der Waals surface area contributed by atoms with Gasteiger partial charge in [-0.1, -0.05) is 25.5 Å². The lowest BCUT2D eigenvalue weighted by Gasteiger charge is -2.35. The lowest BCUT2D eigenvalue weighted by atomic mass is 9.87. The quantitative estimate of drug-likeness (QED) is 0.353. The lowest BCUT2D eigenvalue weighted by molar-refractivity contribution is 0.271. The van der Waals surface area contributed by atoms with Gasteiger partial charge in [0.1, 0.15) is 17.5 Å². The molecule has 3 aromatic rings. The molecule has 1 atom stereocenters. The second-order valence-electron chi connectivity index (χ2n) is 10.8. The van der Waals surface area contributed by atoms with Crippen molar-refractivity contribution in [2.45, 2.75) is 47.0 Å². The molecule has 1 aromatic heterocycles. The summed E-state index contributed by atoms with van der Waals surface area (Å²) < 4.78 is 30.0. The Morgan fingerprint density at radius 3 is 2.49 bits per heavy atom. The number of allylic oxidation sites excluding steroid dienone is 2. The van der Waals surface area contributed by atoms with E-state index in [0.29, 0.717) is 23.8 Å². The third-order valence-electron chi connectivity index (χ3n) is 8.22. The van der Waals surface area contributed by atoms with Crippen molar-refractivity contribution in [3.05, 3.63) is 82.7 Å². The minimum absolute atomic E-state index is 0.237. The van der Waals surface area contributed by atoms with Gasteiger partial charge in [-0.3, -0.25) is 0 Å². The SMILES string of the molecule is CCN1CCN(c2ccc(NC3=N/C=C/CC(C)C(CCc4cc(F)c5[nH]c(C)cc5c4F)=C3C)cc2)CC1. The molecule has 0 amide bonds. The van der Waals surface area contributed by atoms with Crippen LogP contribution in [-0.4, -0.2) is 48.4 Å². The second kappa shape index (κ2) is 11.7. The van der Waals surface area contributed by atoms with Crippen LogP contribution in [0.15, 0.2) is 64.8 Å². The molecule has 1 unspecified atom stereocenters. The molecule has 5 rings (SSSR count). The van der Waals surface area contributed by atoms with E-state index >= 15 is 4.39 Å². The van der Waals surface area contributed by atoms with Gasteiger partial charge in [0.25, 0.3) is 0 Å². The van der Waals surface area contributed by atoms with Crippen molar-refractivity contribution in [3.63, 3.8) is 0 Å². The zero-order valence-electron chi connectivity index (χ0n) is 23.5. The first-order chi connectivity index (χ1) is 18.8. The molecule has 0 saturated carbocycles. The van der Waals surface area contributed by atoms with E-state index in [1.807, 2.05) is 13.1 Å². The van der Waals surface area contributed by atoms with Crippen molar-refractivity contribution in [2.75, 3.05) is 42.9 Å². The van der Waals surface area contributed by atoms with Crippen LogP contribution in [0.1, 0.15) is 44.9 Å². The van der Waals surface area contributed by atoms with Gasteiger partial charge in [-0.25, -0.2) is 13.8 Å². The van der Waals surface area contributed by atoms with Crippen LogP contribution in [0.5, 0.6) is 0 Å². The van der Waals surface area contributed by atoms with Crippen LogP contribution in [0.3, 0.4) is 0 Å². The third-order valence-corrected chi connectivity index (χ3v) is 8.22. The summed E-state index contributed by atoms with van der Waals surface area (Å²) in [6.45, 7) is 13.7. The number of rotatable bonds is 6. The number of H-pyrrole nitrogens is 1. The van der Waals surface area contributed by atoms with Gasteiger partial charge < -0.3 is 20.1 Å². The van der Waals surface area contributed by atoms with Crippen LogP contribution in [0.2, 0.25) is 0 Å². The van der Waals surface area contributed by atoms with Gasteiger partial charge in [0.2, 0.25) is 0 Å². The normalized spacial score (nSPS) is 19.7. The molecular formula is C32H39F2N5. The van der Waals surface area contributed by atoms with Crippen LogP contribution in [0, 0.1) is 24.5 Å². The van der Waals surface area contributed by atoms with Crippen LogP contribution in [0.4, 0.5) is 20.2 Å². The highest BCUT2D eigenvalue weighted by Crippen LogP contribution is 2.31. The van der Waals surface area contributed by atoms with Crippen LogP contribution < -0.4 is 10.2 Å². The predicted molar refractivity (Wildman–Crippen MR) is 159 cm³/mol. The summed E-state index contributed by atoms with van der Waals surface area (Å²) >= 11 is 0. The molecule has 0 bridgehead atoms. The summed E-state index contributed by atoms with van der Waals surface area (Å²) in [6.07, 6.45) is 5.85. The number of amidine groups is 1. The smallest absolute Gasteiger partial charge is 0.147 e. The topological polar surface area (TPSA) is 46.7 Å². The molecule has 7 heteroatoms. The van der Waals surface area contributed by atoms with E-state index in [1.54, 1.807) is 6.07 Å². The summed E-state index contributed by atoms with van der Waals surface area (Å²) in [5.74, 6) is 0.313. The summed E-state index contributed by atoms with van der Waals surface area (Å²) in [7, 11) is 0. The van der Waals surface area contributed by atoms with E-state index in [4.69, 9.17) is 4.99 Å². The van der Waals surface area contributed by atoms with Gasteiger partial charge in [0.15, 0.2) is 0 Å². The number of hydrogen-bond acceptors (Lipinski definition) is 4. The van der Waals surface area contributed by atoms with E-state index in [-0.39, 0.29) is 17.3 Å². The molecule has 0 spiro atoms. The number of piperazine rings is 1. The predicted octanol–water partition coefficient (Wildman–Crippen LogP) is 7.21. The fraction of sp³-hybridized carbons (Fsp3) is 0.406. The van der Waals surface area contributed by atoms with E-state index in [1.165, 1.54) is 17.3 Å². The highest BCUT2D eigenvalue weighted by molar-refractivity contribution is 6.08. The maximum atomic E-state index is 15.3. The Kier molecular flexibility index (Phi) is 8.17. The fourth-order valence-electron chi connectivity index (χ4n) is 5.79. The highest BCUT2D eigenvalue weighted by atomic mass is 19.1. The molecule has 2 N–H and O–H groups in total. The van der Waals surface area contributed by atoms with Crippen molar-refractivity contribution in [1.82, 2.24) is 9.88 Å². The standard InChI is InChI=1S/C32H39F2N5/c1-5-38-15-17-39(18-16-38)26-11-9-25(10-12-26)37-32-23(4)27(21(2)7-6-14-35-32)13-8-24-20-29(33)31-28(30(24)34)19-22(3)36-31/h6,9-12,14,19-21,36H,5,7-8,13,15-18H2,1-4H3,(H,35,37)/b14-6+,27-23?. The van der Waals surface area contributed by atoms with Gasteiger partial charge in [-0.15, -0.1) is 0 Å². The molecule has 1 saturated heterocycles. The molecule has 2 aliphatic rings. The number of nitrogens with one attached hydrogen (secondary N) is 2. The van der Waals surface area contributed by atoms with Crippen LogP contribution in [0.25, 0.3) is 10.9 Å². The van der Waals surface area contributed by atoms with E-state index in [0.717, 1.165) is 61.9 Å². The van der Waals surface area contributed by atoms with Crippen molar-refractivity contribution in [2.24, 2.45) is 10.9 Å². The Balaban J connectivity index is 1.33. The maximum absolute atomic E-state index is 15.3. The number of aromatic amines is 1. The minimum Gasteiger partial charge on any atom is -0.369 e. The maximum Gasteiger partial charge on any atom is 0.147 e. The second-order valence-corrected chi connectivity index (χ2v) is 10.8. The van der Waals surface area contributed by atoms with E-state index in [9.17, 15) is 4.39 Å². The number of fused-ring (bicyclic) bond motifs is 1. The molecule has 3 heterocycles. The summed E-state index contributed by atoms with van der Waals surface area (Å²) in [4.78, 5) is 12.6.